The first-order valence-electron chi connectivity index (χ1n) is 8.36. The SMILES string of the molecule is CCOC(=O)N1CCC(Nc2nc(-c3ccc(OC)cc3)no2)CC1. The fourth-order valence-electron chi connectivity index (χ4n) is 2.74. The summed E-state index contributed by atoms with van der Waals surface area (Å²) in [7, 11) is 1.62. The Morgan fingerprint density at radius 3 is 2.68 bits per heavy atom. The Hall–Kier alpha value is -2.77. The fourth-order valence-corrected chi connectivity index (χ4v) is 2.74. The number of piperidine rings is 1. The molecule has 0 bridgehead atoms. The summed E-state index contributed by atoms with van der Waals surface area (Å²) < 4.78 is 15.4. The Morgan fingerprint density at radius 1 is 1.32 bits per heavy atom. The molecule has 1 aliphatic heterocycles. The number of anilines is 1. The van der Waals surface area contributed by atoms with Gasteiger partial charge in [0.2, 0.25) is 5.82 Å². The van der Waals surface area contributed by atoms with Crippen LogP contribution in [0.2, 0.25) is 0 Å². The van der Waals surface area contributed by atoms with Gasteiger partial charge in [-0.05, 0) is 44.0 Å². The van der Waals surface area contributed by atoms with Gasteiger partial charge in [0.05, 0.1) is 13.7 Å². The van der Waals surface area contributed by atoms with E-state index in [0.717, 1.165) is 24.2 Å². The number of aromatic nitrogens is 2. The predicted molar refractivity (Wildman–Crippen MR) is 91.5 cm³/mol. The van der Waals surface area contributed by atoms with Crippen LogP contribution in [0, 0.1) is 0 Å². The Bertz CT molecular complexity index is 693. The molecular formula is C17H22N4O4. The fraction of sp³-hybridized carbons (Fsp3) is 0.471. The predicted octanol–water partition coefficient (Wildman–Crippen LogP) is 2.78. The molecule has 0 radical (unpaired) electrons. The molecule has 3 rings (SSSR count). The molecular weight excluding hydrogens is 324 g/mol. The van der Waals surface area contributed by atoms with E-state index in [9.17, 15) is 4.79 Å². The lowest BCUT2D eigenvalue weighted by molar-refractivity contribution is 0.0982. The summed E-state index contributed by atoms with van der Waals surface area (Å²) in [6, 6.07) is 8.04. The Balaban J connectivity index is 1.54. The average molecular weight is 346 g/mol. The summed E-state index contributed by atoms with van der Waals surface area (Å²) in [5, 5.41) is 7.24. The third kappa shape index (κ3) is 4.20. The van der Waals surface area contributed by atoms with Crippen molar-refractivity contribution in [2.75, 3.05) is 32.1 Å². The van der Waals surface area contributed by atoms with E-state index in [1.807, 2.05) is 31.2 Å². The molecule has 0 unspecified atom stereocenters. The first-order valence-corrected chi connectivity index (χ1v) is 8.36. The van der Waals surface area contributed by atoms with Crippen molar-refractivity contribution in [1.29, 1.82) is 0 Å². The van der Waals surface area contributed by atoms with E-state index in [0.29, 0.717) is 31.5 Å². The summed E-state index contributed by atoms with van der Waals surface area (Å²) in [5.74, 6) is 1.30. The molecule has 1 saturated heterocycles. The van der Waals surface area contributed by atoms with Crippen molar-refractivity contribution in [2.24, 2.45) is 0 Å². The normalized spacial score (nSPS) is 15.0. The summed E-state index contributed by atoms with van der Waals surface area (Å²) in [6.07, 6.45) is 1.36. The van der Waals surface area contributed by atoms with Gasteiger partial charge in [0.1, 0.15) is 5.75 Å². The van der Waals surface area contributed by atoms with Gasteiger partial charge in [-0.3, -0.25) is 0 Å². The number of hydrogen-bond donors (Lipinski definition) is 1. The lowest BCUT2D eigenvalue weighted by Gasteiger charge is -2.31. The van der Waals surface area contributed by atoms with Crippen molar-refractivity contribution in [3.63, 3.8) is 0 Å². The van der Waals surface area contributed by atoms with Crippen molar-refractivity contribution in [3.8, 4) is 17.1 Å². The minimum Gasteiger partial charge on any atom is -0.497 e. The molecule has 0 saturated carbocycles. The highest BCUT2D eigenvalue weighted by Crippen LogP contribution is 2.22. The number of carbonyl (C=O) groups excluding carboxylic acids is 1. The number of benzene rings is 1. The van der Waals surface area contributed by atoms with Gasteiger partial charge in [-0.1, -0.05) is 5.16 Å². The average Bonchev–Trinajstić information content (AvgIpc) is 3.11. The lowest BCUT2D eigenvalue weighted by Crippen LogP contribution is -2.42. The van der Waals surface area contributed by atoms with Gasteiger partial charge in [0, 0.05) is 24.7 Å². The first-order chi connectivity index (χ1) is 12.2. The molecule has 2 heterocycles. The molecule has 0 aliphatic carbocycles. The van der Waals surface area contributed by atoms with Gasteiger partial charge in [0.15, 0.2) is 0 Å². The van der Waals surface area contributed by atoms with E-state index in [-0.39, 0.29) is 12.1 Å². The quantitative estimate of drug-likeness (QED) is 0.890. The monoisotopic (exact) mass is 346 g/mol. The molecule has 1 fully saturated rings. The smallest absolute Gasteiger partial charge is 0.409 e. The Labute approximate surface area is 146 Å². The third-order valence-corrected chi connectivity index (χ3v) is 4.12. The van der Waals surface area contributed by atoms with Crippen LogP contribution in [0.25, 0.3) is 11.4 Å². The number of hydrogen-bond acceptors (Lipinski definition) is 7. The van der Waals surface area contributed by atoms with Crippen LogP contribution in [0.4, 0.5) is 10.8 Å². The molecule has 134 valence electrons. The molecule has 8 heteroatoms. The number of nitrogens with zero attached hydrogens (tertiary/aromatic N) is 3. The van der Waals surface area contributed by atoms with E-state index < -0.39 is 0 Å². The van der Waals surface area contributed by atoms with Crippen LogP contribution in [0.5, 0.6) is 5.75 Å². The van der Waals surface area contributed by atoms with Gasteiger partial charge in [-0.15, -0.1) is 0 Å². The van der Waals surface area contributed by atoms with E-state index in [2.05, 4.69) is 15.5 Å². The van der Waals surface area contributed by atoms with Crippen LogP contribution in [0.3, 0.4) is 0 Å². The van der Waals surface area contributed by atoms with Gasteiger partial charge in [-0.25, -0.2) is 4.79 Å². The maximum absolute atomic E-state index is 11.7. The maximum atomic E-state index is 11.7. The molecule has 0 spiro atoms. The van der Waals surface area contributed by atoms with Crippen LogP contribution in [0.1, 0.15) is 19.8 Å². The minimum absolute atomic E-state index is 0.190. The Kier molecular flexibility index (Phi) is 5.37. The molecule has 1 amide bonds. The topological polar surface area (TPSA) is 89.7 Å². The van der Waals surface area contributed by atoms with E-state index in [4.69, 9.17) is 14.0 Å². The molecule has 1 aromatic carbocycles. The van der Waals surface area contributed by atoms with E-state index >= 15 is 0 Å². The van der Waals surface area contributed by atoms with E-state index in [1.165, 1.54) is 0 Å². The second kappa shape index (κ2) is 7.87. The molecule has 0 atom stereocenters. The van der Waals surface area contributed by atoms with Gasteiger partial charge in [0.25, 0.3) is 0 Å². The number of methoxy groups -OCH3 is 1. The van der Waals surface area contributed by atoms with Gasteiger partial charge in [-0.2, -0.15) is 4.98 Å². The first kappa shape index (κ1) is 17.1. The molecule has 8 nitrogen and oxygen atoms in total. The summed E-state index contributed by atoms with van der Waals surface area (Å²) in [5.41, 5.74) is 0.856. The summed E-state index contributed by atoms with van der Waals surface area (Å²) >= 11 is 0. The summed E-state index contributed by atoms with van der Waals surface area (Å²) in [6.45, 7) is 3.50. The van der Waals surface area contributed by atoms with Crippen LogP contribution in [-0.4, -0.2) is 54.0 Å². The zero-order valence-electron chi connectivity index (χ0n) is 14.4. The van der Waals surface area contributed by atoms with E-state index in [1.54, 1.807) is 12.0 Å². The van der Waals surface area contributed by atoms with Crippen molar-refractivity contribution >= 4 is 12.1 Å². The minimum atomic E-state index is -0.250. The largest absolute Gasteiger partial charge is 0.497 e. The third-order valence-electron chi connectivity index (χ3n) is 4.12. The standard InChI is InChI=1S/C17H22N4O4/c1-3-24-17(22)21-10-8-13(9-11-21)18-16-19-15(20-25-16)12-4-6-14(23-2)7-5-12/h4-7,13H,3,8-11H2,1-2H3,(H,18,19,20). The van der Waals surface area contributed by atoms with Gasteiger partial charge < -0.3 is 24.2 Å². The summed E-state index contributed by atoms with van der Waals surface area (Å²) in [4.78, 5) is 17.8. The van der Waals surface area contributed by atoms with Crippen molar-refractivity contribution in [1.82, 2.24) is 15.0 Å². The van der Waals surface area contributed by atoms with Crippen LogP contribution in [0.15, 0.2) is 28.8 Å². The number of likely N-dealkylation sites (tertiary alicyclic amines) is 1. The van der Waals surface area contributed by atoms with Crippen molar-refractivity contribution < 1.29 is 18.8 Å². The Morgan fingerprint density at radius 2 is 2.04 bits per heavy atom. The number of rotatable bonds is 5. The maximum Gasteiger partial charge on any atom is 0.409 e. The highest BCUT2D eigenvalue weighted by molar-refractivity contribution is 5.67. The number of carbonyl (C=O) groups is 1. The molecule has 1 aromatic heterocycles. The lowest BCUT2D eigenvalue weighted by atomic mass is 10.1. The highest BCUT2D eigenvalue weighted by Gasteiger charge is 2.24. The number of nitrogens with one attached hydrogen (secondary N) is 1. The second-order valence-corrected chi connectivity index (χ2v) is 5.76. The van der Waals surface area contributed by atoms with Crippen LogP contribution >= 0.6 is 0 Å². The van der Waals surface area contributed by atoms with Gasteiger partial charge >= 0.3 is 12.1 Å². The second-order valence-electron chi connectivity index (χ2n) is 5.76. The molecule has 25 heavy (non-hydrogen) atoms. The number of ether oxygens (including phenoxy) is 2. The van der Waals surface area contributed by atoms with Crippen LogP contribution in [-0.2, 0) is 4.74 Å². The highest BCUT2D eigenvalue weighted by atomic mass is 16.6. The molecule has 1 aliphatic rings. The number of amides is 1. The zero-order valence-corrected chi connectivity index (χ0v) is 14.4. The molecule has 1 N–H and O–H groups in total. The van der Waals surface area contributed by atoms with Crippen LogP contribution < -0.4 is 10.1 Å². The molecule has 2 aromatic rings. The zero-order chi connectivity index (χ0) is 17.6. The van der Waals surface area contributed by atoms with Crippen molar-refractivity contribution in [3.05, 3.63) is 24.3 Å². The van der Waals surface area contributed by atoms with Crippen molar-refractivity contribution in [2.45, 2.75) is 25.8 Å².